The fourth-order valence-electron chi connectivity index (χ4n) is 4.04. The number of para-hydroxylation sites is 1. The molecule has 0 saturated carbocycles. The summed E-state index contributed by atoms with van der Waals surface area (Å²) in [6.45, 7) is 1.59. The molecule has 4 rings (SSSR count). The van der Waals surface area contributed by atoms with Crippen LogP contribution >= 0.6 is 0 Å². The Kier molecular flexibility index (Phi) is 5.39. The lowest BCUT2D eigenvalue weighted by Crippen LogP contribution is -2.22. The summed E-state index contributed by atoms with van der Waals surface area (Å²) >= 11 is 0. The summed E-state index contributed by atoms with van der Waals surface area (Å²) in [5.41, 5.74) is 8.10. The summed E-state index contributed by atoms with van der Waals surface area (Å²) in [7, 11) is 6.51. The number of nitrogens with zero attached hydrogens (tertiary/aromatic N) is 3. The fraction of sp³-hybridized carbons (Fsp3) is 0.364. The van der Waals surface area contributed by atoms with E-state index < -0.39 is 0 Å². The van der Waals surface area contributed by atoms with Gasteiger partial charge in [0.05, 0.1) is 34.0 Å². The number of methoxy groups -OCH3 is 4. The van der Waals surface area contributed by atoms with Crippen molar-refractivity contribution in [1.82, 2.24) is 9.97 Å². The van der Waals surface area contributed by atoms with Crippen molar-refractivity contribution in [1.29, 1.82) is 0 Å². The standard InChI is InChI=1S/C22H26N4O4/c1-27-17-7-5-6-14(20(17)30-4)13-8-9-26(12-13)22-24-16-11-19(29-3)18(28-2)10-15(16)21(23)25-22/h5-7,10-11,13H,8-9,12H2,1-4H3,(H2,23,24,25). The predicted molar refractivity (Wildman–Crippen MR) is 116 cm³/mol. The maximum atomic E-state index is 6.26. The van der Waals surface area contributed by atoms with Crippen LogP contribution in [0.25, 0.3) is 10.9 Å². The van der Waals surface area contributed by atoms with Crippen molar-refractivity contribution >= 4 is 22.7 Å². The molecule has 3 aromatic rings. The minimum Gasteiger partial charge on any atom is -0.493 e. The van der Waals surface area contributed by atoms with E-state index in [9.17, 15) is 0 Å². The highest BCUT2D eigenvalue weighted by Crippen LogP contribution is 2.40. The molecule has 1 aromatic heterocycles. The summed E-state index contributed by atoms with van der Waals surface area (Å²) in [4.78, 5) is 11.5. The average Bonchev–Trinajstić information content (AvgIpc) is 3.27. The molecule has 8 nitrogen and oxygen atoms in total. The molecule has 0 bridgehead atoms. The molecular weight excluding hydrogens is 384 g/mol. The molecule has 2 aromatic carbocycles. The number of rotatable bonds is 6. The Balaban J connectivity index is 1.66. The van der Waals surface area contributed by atoms with Gasteiger partial charge in [0, 0.05) is 36.0 Å². The van der Waals surface area contributed by atoms with Crippen LogP contribution in [0.2, 0.25) is 0 Å². The maximum Gasteiger partial charge on any atom is 0.227 e. The Bertz CT molecular complexity index is 1070. The summed E-state index contributed by atoms with van der Waals surface area (Å²) in [6.07, 6.45) is 0.955. The first-order valence-corrected chi connectivity index (χ1v) is 9.74. The largest absolute Gasteiger partial charge is 0.493 e. The number of hydrogen-bond donors (Lipinski definition) is 1. The van der Waals surface area contributed by atoms with E-state index in [-0.39, 0.29) is 5.92 Å². The van der Waals surface area contributed by atoms with E-state index in [1.54, 1.807) is 34.5 Å². The first-order valence-electron chi connectivity index (χ1n) is 9.74. The highest BCUT2D eigenvalue weighted by Gasteiger charge is 2.29. The fourth-order valence-corrected chi connectivity index (χ4v) is 4.04. The second-order valence-corrected chi connectivity index (χ2v) is 7.15. The molecule has 0 radical (unpaired) electrons. The Hall–Kier alpha value is -3.42. The molecule has 2 heterocycles. The van der Waals surface area contributed by atoms with Crippen LogP contribution in [0.4, 0.5) is 11.8 Å². The van der Waals surface area contributed by atoms with Gasteiger partial charge in [-0.1, -0.05) is 12.1 Å². The highest BCUT2D eigenvalue weighted by molar-refractivity contribution is 5.91. The summed E-state index contributed by atoms with van der Waals surface area (Å²) in [5.74, 6) is 4.02. The van der Waals surface area contributed by atoms with Crippen LogP contribution in [-0.4, -0.2) is 51.5 Å². The molecule has 1 aliphatic heterocycles. The highest BCUT2D eigenvalue weighted by atomic mass is 16.5. The zero-order chi connectivity index (χ0) is 21.3. The molecule has 0 spiro atoms. The lowest BCUT2D eigenvalue weighted by atomic mass is 9.97. The van der Waals surface area contributed by atoms with Gasteiger partial charge in [-0.3, -0.25) is 0 Å². The minimum absolute atomic E-state index is 0.279. The minimum atomic E-state index is 0.279. The number of nitrogen functional groups attached to an aromatic ring is 1. The Morgan fingerprint density at radius 1 is 0.933 bits per heavy atom. The van der Waals surface area contributed by atoms with Crippen LogP contribution in [0.3, 0.4) is 0 Å². The molecule has 158 valence electrons. The summed E-state index contributed by atoms with van der Waals surface area (Å²) in [6, 6.07) is 9.62. The molecule has 30 heavy (non-hydrogen) atoms. The second-order valence-electron chi connectivity index (χ2n) is 7.15. The van der Waals surface area contributed by atoms with Crippen LogP contribution in [0.5, 0.6) is 23.0 Å². The number of anilines is 2. The third kappa shape index (κ3) is 3.38. The zero-order valence-corrected chi connectivity index (χ0v) is 17.6. The van der Waals surface area contributed by atoms with E-state index in [1.165, 1.54) is 0 Å². The average molecular weight is 410 g/mol. The lowest BCUT2D eigenvalue weighted by Gasteiger charge is -2.20. The van der Waals surface area contributed by atoms with Gasteiger partial charge in [0.1, 0.15) is 5.82 Å². The number of aromatic nitrogens is 2. The quantitative estimate of drug-likeness (QED) is 0.662. The molecule has 8 heteroatoms. The number of benzene rings is 2. The van der Waals surface area contributed by atoms with E-state index in [2.05, 4.69) is 16.0 Å². The van der Waals surface area contributed by atoms with Crippen molar-refractivity contribution in [3.05, 3.63) is 35.9 Å². The van der Waals surface area contributed by atoms with Gasteiger partial charge in [0.15, 0.2) is 23.0 Å². The Morgan fingerprint density at radius 2 is 1.67 bits per heavy atom. The number of hydrogen-bond acceptors (Lipinski definition) is 8. The van der Waals surface area contributed by atoms with Crippen LogP contribution in [0.15, 0.2) is 30.3 Å². The van der Waals surface area contributed by atoms with E-state index in [0.29, 0.717) is 23.3 Å². The first-order chi connectivity index (χ1) is 14.6. The molecule has 2 N–H and O–H groups in total. The van der Waals surface area contributed by atoms with Crippen molar-refractivity contribution in [2.24, 2.45) is 0 Å². The van der Waals surface area contributed by atoms with Gasteiger partial charge in [-0.15, -0.1) is 0 Å². The molecule has 1 atom stereocenters. The first kappa shape index (κ1) is 19.9. The topological polar surface area (TPSA) is 92.0 Å². The third-order valence-corrected chi connectivity index (χ3v) is 5.56. The van der Waals surface area contributed by atoms with Gasteiger partial charge in [-0.2, -0.15) is 4.98 Å². The maximum absolute atomic E-state index is 6.26. The van der Waals surface area contributed by atoms with Gasteiger partial charge < -0.3 is 29.6 Å². The van der Waals surface area contributed by atoms with E-state index in [0.717, 1.165) is 47.5 Å². The van der Waals surface area contributed by atoms with Crippen LogP contribution in [0, 0.1) is 0 Å². The van der Waals surface area contributed by atoms with Crippen molar-refractivity contribution in [2.75, 3.05) is 52.2 Å². The number of fused-ring (bicyclic) bond motifs is 1. The second kappa shape index (κ2) is 8.14. The summed E-state index contributed by atoms with van der Waals surface area (Å²) < 4.78 is 21.8. The number of nitrogens with two attached hydrogens (primary N) is 1. The lowest BCUT2D eigenvalue weighted by molar-refractivity contribution is 0.350. The molecule has 1 aliphatic rings. The summed E-state index contributed by atoms with van der Waals surface area (Å²) in [5, 5.41) is 0.738. The van der Waals surface area contributed by atoms with Crippen molar-refractivity contribution in [2.45, 2.75) is 12.3 Å². The molecule has 1 fully saturated rings. The molecular formula is C22H26N4O4. The van der Waals surface area contributed by atoms with E-state index in [4.69, 9.17) is 29.7 Å². The van der Waals surface area contributed by atoms with Crippen molar-refractivity contribution in [3.8, 4) is 23.0 Å². The smallest absolute Gasteiger partial charge is 0.227 e. The van der Waals surface area contributed by atoms with E-state index in [1.807, 2.05) is 18.2 Å². The van der Waals surface area contributed by atoms with Crippen molar-refractivity contribution in [3.63, 3.8) is 0 Å². The van der Waals surface area contributed by atoms with Crippen LogP contribution in [0.1, 0.15) is 17.9 Å². The van der Waals surface area contributed by atoms with Gasteiger partial charge in [-0.25, -0.2) is 4.98 Å². The normalized spacial score (nSPS) is 16.0. The van der Waals surface area contributed by atoms with Gasteiger partial charge in [-0.05, 0) is 18.6 Å². The van der Waals surface area contributed by atoms with Crippen molar-refractivity contribution < 1.29 is 18.9 Å². The molecule has 1 unspecified atom stereocenters. The van der Waals surface area contributed by atoms with Crippen LogP contribution < -0.4 is 29.6 Å². The van der Waals surface area contributed by atoms with Gasteiger partial charge in [0.25, 0.3) is 0 Å². The van der Waals surface area contributed by atoms with E-state index >= 15 is 0 Å². The molecule has 0 amide bonds. The van der Waals surface area contributed by atoms with Gasteiger partial charge >= 0.3 is 0 Å². The monoisotopic (exact) mass is 410 g/mol. The molecule has 1 saturated heterocycles. The SMILES string of the molecule is COc1cc2nc(N3CCC(c4cccc(OC)c4OC)C3)nc(N)c2cc1OC. The number of ether oxygens (including phenoxy) is 4. The zero-order valence-electron chi connectivity index (χ0n) is 17.6. The Morgan fingerprint density at radius 3 is 2.37 bits per heavy atom. The van der Waals surface area contributed by atoms with Gasteiger partial charge in [0.2, 0.25) is 5.95 Å². The Labute approximate surface area is 175 Å². The molecule has 0 aliphatic carbocycles. The predicted octanol–water partition coefficient (Wildman–Crippen LogP) is 3.24. The third-order valence-electron chi connectivity index (χ3n) is 5.56. The van der Waals surface area contributed by atoms with Crippen LogP contribution in [-0.2, 0) is 0 Å².